The van der Waals surface area contributed by atoms with Crippen LogP contribution in [-0.2, 0) is 4.79 Å². The van der Waals surface area contributed by atoms with Crippen LogP contribution in [-0.4, -0.2) is 18.5 Å². The number of amides is 1. The Morgan fingerprint density at radius 2 is 1.70 bits per heavy atom. The predicted octanol–water partition coefficient (Wildman–Crippen LogP) is 2.95. The topological polar surface area (TPSA) is 55.1 Å². The lowest BCUT2D eigenvalue weighted by Gasteiger charge is -2.23. The van der Waals surface area contributed by atoms with E-state index < -0.39 is 0 Å². The molecule has 1 amide bonds. The van der Waals surface area contributed by atoms with Gasteiger partial charge in [-0.25, -0.2) is 0 Å². The minimum atomic E-state index is -0.149. The minimum Gasteiger partial charge on any atom is -0.355 e. The fourth-order valence-corrected chi connectivity index (χ4v) is 2.05. The number of carbonyl (C=O) groups excluding carboxylic acids is 1. The fourth-order valence-electron chi connectivity index (χ4n) is 2.05. The van der Waals surface area contributed by atoms with Crippen molar-refractivity contribution in [2.75, 3.05) is 6.54 Å². The molecule has 0 saturated carbocycles. The van der Waals surface area contributed by atoms with Gasteiger partial charge in [-0.1, -0.05) is 51.1 Å². The van der Waals surface area contributed by atoms with Crippen molar-refractivity contribution < 1.29 is 4.79 Å². The lowest BCUT2D eigenvalue weighted by atomic mass is 9.88. The van der Waals surface area contributed by atoms with Crippen LogP contribution < -0.4 is 11.1 Å². The molecule has 0 radical (unpaired) electrons. The van der Waals surface area contributed by atoms with Crippen LogP contribution in [0.4, 0.5) is 0 Å². The highest BCUT2D eigenvalue weighted by molar-refractivity contribution is 5.85. The summed E-state index contributed by atoms with van der Waals surface area (Å²) in [7, 11) is 0. The molecule has 3 N–H and O–H groups in total. The highest BCUT2D eigenvalue weighted by atomic mass is 35.5. The van der Waals surface area contributed by atoms with E-state index in [4.69, 9.17) is 5.73 Å². The Morgan fingerprint density at radius 1 is 1.15 bits per heavy atom. The SMILES string of the molecule is CC(C)C(CNC(=O)C(C)C(C)N)c1ccccc1.Cl. The summed E-state index contributed by atoms with van der Waals surface area (Å²) in [6.45, 7) is 8.75. The Bertz CT molecular complexity index is 393. The average Bonchev–Trinajstić information content (AvgIpc) is 2.38. The molecule has 3 nitrogen and oxygen atoms in total. The molecule has 0 saturated heterocycles. The molecule has 0 spiro atoms. The second-order valence-corrected chi connectivity index (χ2v) is 5.65. The summed E-state index contributed by atoms with van der Waals surface area (Å²) in [5, 5.41) is 3.02. The van der Waals surface area contributed by atoms with Crippen LogP contribution >= 0.6 is 12.4 Å². The number of nitrogens with one attached hydrogen (secondary N) is 1. The van der Waals surface area contributed by atoms with Crippen molar-refractivity contribution in [3.05, 3.63) is 35.9 Å². The highest BCUT2D eigenvalue weighted by Gasteiger charge is 2.20. The van der Waals surface area contributed by atoms with Gasteiger partial charge in [0.05, 0.1) is 0 Å². The second-order valence-electron chi connectivity index (χ2n) is 5.65. The standard InChI is InChI=1S/C16H26N2O.ClH/c1-11(2)15(14-8-6-5-7-9-14)10-18-16(19)12(3)13(4)17;/h5-9,11-13,15H,10,17H2,1-4H3,(H,18,19);1H. The lowest BCUT2D eigenvalue weighted by molar-refractivity contribution is -0.125. The Hall–Kier alpha value is -1.06. The van der Waals surface area contributed by atoms with Gasteiger partial charge in [0.1, 0.15) is 0 Å². The summed E-state index contributed by atoms with van der Waals surface area (Å²) in [6.07, 6.45) is 0. The second kappa shape index (κ2) is 8.98. The van der Waals surface area contributed by atoms with Crippen molar-refractivity contribution in [1.29, 1.82) is 0 Å². The van der Waals surface area contributed by atoms with Gasteiger partial charge in [0.15, 0.2) is 0 Å². The number of halogens is 1. The van der Waals surface area contributed by atoms with E-state index in [1.807, 2.05) is 32.0 Å². The molecule has 4 heteroatoms. The molecule has 0 aliphatic heterocycles. The monoisotopic (exact) mass is 298 g/mol. The van der Waals surface area contributed by atoms with Crippen LogP contribution in [0.25, 0.3) is 0 Å². The van der Waals surface area contributed by atoms with E-state index in [9.17, 15) is 4.79 Å². The number of hydrogen-bond donors (Lipinski definition) is 2. The van der Waals surface area contributed by atoms with Crippen LogP contribution in [0.2, 0.25) is 0 Å². The molecule has 0 heterocycles. The van der Waals surface area contributed by atoms with Crippen molar-refractivity contribution in [2.45, 2.75) is 39.7 Å². The van der Waals surface area contributed by atoms with Crippen LogP contribution in [0.5, 0.6) is 0 Å². The van der Waals surface area contributed by atoms with Crippen molar-refractivity contribution in [3.8, 4) is 0 Å². The third-order valence-electron chi connectivity index (χ3n) is 3.73. The maximum atomic E-state index is 12.0. The summed E-state index contributed by atoms with van der Waals surface area (Å²) in [5.41, 5.74) is 7.02. The molecule has 0 fully saturated rings. The molecule has 114 valence electrons. The molecular formula is C16H27ClN2O. The lowest BCUT2D eigenvalue weighted by Crippen LogP contribution is -2.40. The van der Waals surface area contributed by atoms with E-state index in [0.29, 0.717) is 18.4 Å². The van der Waals surface area contributed by atoms with Gasteiger partial charge in [0.2, 0.25) is 5.91 Å². The smallest absolute Gasteiger partial charge is 0.224 e. The Labute approximate surface area is 128 Å². The first-order valence-corrected chi connectivity index (χ1v) is 7.01. The van der Waals surface area contributed by atoms with Gasteiger partial charge < -0.3 is 11.1 Å². The minimum absolute atomic E-state index is 0. The number of carbonyl (C=O) groups is 1. The van der Waals surface area contributed by atoms with E-state index in [-0.39, 0.29) is 30.3 Å². The van der Waals surface area contributed by atoms with Crippen molar-refractivity contribution in [2.24, 2.45) is 17.6 Å². The zero-order valence-electron chi connectivity index (χ0n) is 12.8. The van der Waals surface area contributed by atoms with Gasteiger partial charge >= 0.3 is 0 Å². The molecule has 0 aliphatic rings. The Morgan fingerprint density at radius 3 is 2.15 bits per heavy atom. The van der Waals surface area contributed by atoms with Crippen molar-refractivity contribution in [1.82, 2.24) is 5.32 Å². The van der Waals surface area contributed by atoms with Gasteiger partial charge in [-0.3, -0.25) is 4.79 Å². The number of benzene rings is 1. The molecule has 0 bridgehead atoms. The predicted molar refractivity (Wildman–Crippen MR) is 87.1 cm³/mol. The number of nitrogens with two attached hydrogens (primary N) is 1. The van der Waals surface area contributed by atoms with Crippen LogP contribution in [0, 0.1) is 11.8 Å². The maximum Gasteiger partial charge on any atom is 0.224 e. The summed E-state index contributed by atoms with van der Waals surface area (Å²) in [5.74, 6) is 0.707. The summed E-state index contributed by atoms with van der Waals surface area (Å²) < 4.78 is 0. The molecule has 1 aromatic rings. The Kier molecular flexibility index (Phi) is 8.51. The van der Waals surface area contributed by atoms with Gasteiger partial charge in [-0.15, -0.1) is 12.4 Å². The van der Waals surface area contributed by atoms with Crippen molar-refractivity contribution >= 4 is 18.3 Å². The summed E-state index contributed by atoms with van der Waals surface area (Å²) in [4.78, 5) is 12.0. The van der Waals surface area contributed by atoms with Crippen LogP contribution in [0.15, 0.2) is 30.3 Å². The third-order valence-corrected chi connectivity index (χ3v) is 3.73. The van der Waals surface area contributed by atoms with E-state index in [1.54, 1.807) is 0 Å². The molecular weight excluding hydrogens is 272 g/mol. The summed E-state index contributed by atoms with van der Waals surface area (Å²) in [6, 6.07) is 10.2. The zero-order chi connectivity index (χ0) is 14.4. The van der Waals surface area contributed by atoms with Gasteiger partial charge in [-0.2, -0.15) is 0 Å². The van der Waals surface area contributed by atoms with Gasteiger partial charge in [0.25, 0.3) is 0 Å². The first-order chi connectivity index (χ1) is 8.93. The first-order valence-electron chi connectivity index (χ1n) is 7.01. The fraction of sp³-hybridized carbons (Fsp3) is 0.562. The Balaban J connectivity index is 0.00000361. The first kappa shape index (κ1) is 18.9. The van der Waals surface area contributed by atoms with Gasteiger partial charge in [0, 0.05) is 24.4 Å². The van der Waals surface area contributed by atoms with E-state index in [0.717, 1.165) is 0 Å². The largest absolute Gasteiger partial charge is 0.355 e. The van der Waals surface area contributed by atoms with Crippen molar-refractivity contribution in [3.63, 3.8) is 0 Å². The number of hydrogen-bond acceptors (Lipinski definition) is 2. The van der Waals surface area contributed by atoms with Crippen LogP contribution in [0.1, 0.15) is 39.2 Å². The molecule has 3 unspecified atom stereocenters. The average molecular weight is 299 g/mol. The summed E-state index contributed by atoms with van der Waals surface area (Å²) >= 11 is 0. The zero-order valence-corrected chi connectivity index (χ0v) is 13.6. The molecule has 1 rings (SSSR count). The highest BCUT2D eigenvalue weighted by Crippen LogP contribution is 2.23. The maximum absolute atomic E-state index is 12.0. The third kappa shape index (κ3) is 5.51. The van der Waals surface area contributed by atoms with E-state index in [2.05, 4.69) is 31.3 Å². The molecule has 3 atom stereocenters. The normalized spacial score (nSPS) is 15.1. The molecule has 0 aromatic heterocycles. The number of rotatable bonds is 6. The molecule has 0 aliphatic carbocycles. The van der Waals surface area contributed by atoms with Gasteiger partial charge in [-0.05, 0) is 18.4 Å². The van der Waals surface area contributed by atoms with E-state index in [1.165, 1.54) is 5.56 Å². The molecule has 20 heavy (non-hydrogen) atoms. The van der Waals surface area contributed by atoms with Crippen LogP contribution in [0.3, 0.4) is 0 Å². The quantitative estimate of drug-likeness (QED) is 0.848. The van der Waals surface area contributed by atoms with E-state index >= 15 is 0 Å². The molecule has 1 aromatic carbocycles.